The van der Waals surface area contributed by atoms with Gasteiger partial charge in [0.25, 0.3) is 0 Å². The highest BCUT2D eigenvalue weighted by Gasteiger charge is 2.30. The van der Waals surface area contributed by atoms with E-state index in [1.54, 1.807) is 6.92 Å². The Morgan fingerprint density at radius 1 is 1.30 bits per heavy atom. The Balaban J connectivity index is 2.84. The molecule has 4 nitrogen and oxygen atoms in total. The lowest BCUT2D eigenvalue weighted by atomic mass is 10.2. The van der Waals surface area contributed by atoms with Crippen molar-refractivity contribution < 1.29 is 18.6 Å². The van der Waals surface area contributed by atoms with E-state index in [1.165, 1.54) is 0 Å². The van der Waals surface area contributed by atoms with Gasteiger partial charge in [-0.1, -0.05) is 19.9 Å². The Bertz CT molecular complexity index is 397. The standard InChI is InChI=1S/C15H27O4P/c1-5-18-15(16)14(9-13-7-8-13)11-20(17,19-6-2)10-12(3)4/h9,12-13H,5-8,10-11H2,1-4H3/b14-9-. The van der Waals surface area contributed by atoms with Crippen molar-refractivity contribution in [2.75, 3.05) is 25.5 Å². The quantitative estimate of drug-likeness (QED) is 0.369. The number of rotatable bonds is 9. The Kier molecular flexibility index (Phi) is 6.97. The first-order chi connectivity index (χ1) is 9.40. The molecule has 0 amide bonds. The molecular weight excluding hydrogens is 275 g/mol. The molecule has 1 aliphatic carbocycles. The van der Waals surface area contributed by atoms with Crippen molar-refractivity contribution in [3.63, 3.8) is 0 Å². The fourth-order valence-corrected chi connectivity index (χ4v) is 4.83. The van der Waals surface area contributed by atoms with Gasteiger partial charge in [0, 0.05) is 11.7 Å². The monoisotopic (exact) mass is 302 g/mol. The van der Waals surface area contributed by atoms with Gasteiger partial charge in [0.05, 0.1) is 19.4 Å². The van der Waals surface area contributed by atoms with Gasteiger partial charge < -0.3 is 9.26 Å². The largest absolute Gasteiger partial charge is 0.463 e. The average molecular weight is 302 g/mol. The first-order valence-electron chi connectivity index (χ1n) is 7.50. The summed E-state index contributed by atoms with van der Waals surface area (Å²) in [6.45, 7) is 8.39. The molecular formula is C15H27O4P. The lowest BCUT2D eigenvalue weighted by Gasteiger charge is -2.20. The number of ether oxygens (including phenoxy) is 1. The third-order valence-electron chi connectivity index (χ3n) is 3.02. The van der Waals surface area contributed by atoms with Crippen LogP contribution in [0.25, 0.3) is 0 Å². The fourth-order valence-electron chi connectivity index (χ4n) is 2.17. The summed E-state index contributed by atoms with van der Waals surface area (Å²) in [5.74, 6) is 0.378. The third-order valence-corrected chi connectivity index (χ3v) is 5.85. The maximum atomic E-state index is 12.9. The summed E-state index contributed by atoms with van der Waals surface area (Å²) in [4.78, 5) is 12.0. The Hall–Kier alpha value is -0.600. The number of allylic oxidation sites excluding steroid dienone is 1. The molecule has 1 rings (SSSR count). The second-order valence-corrected chi connectivity index (χ2v) is 8.29. The summed E-state index contributed by atoms with van der Waals surface area (Å²) in [7, 11) is -2.81. The summed E-state index contributed by atoms with van der Waals surface area (Å²) in [5, 5.41) is 0. The zero-order chi connectivity index (χ0) is 15.2. The number of esters is 1. The molecule has 1 fully saturated rings. The molecule has 0 spiro atoms. The summed E-state index contributed by atoms with van der Waals surface area (Å²) in [5.41, 5.74) is 0.534. The van der Waals surface area contributed by atoms with Gasteiger partial charge in [-0.05, 0) is 38.5 Å². The predicted molar refractivity (Wildman–Crippen MR) is 81.2 cm³/mol. The van der Waals surface area contributed by atoms with E-state index in [9.17, 15) is 9.36 Å². The van der Waals surface area contributed by atoms with Crippen molar-refractivity contribution in [3.05, 3.63) is 11.6 Å². The van der Waals surface area contributed by atoms with Crippen molar-refractivity contribution in [2.45, 2.75) is 40.5 Å². The lowest BCUT2D eigenvalue weighted by Crippen LogP contribution is -2.15. The van der Waals surface area contributed by atoms with E-state index in [4.69, 9.17) is 9.26 Å². The number of hydrogen-bond donors (Lipinski definition) is 0. The molecule has 0 heterocycles. The second-order valence-electron chi connectivity index (χ2n) is 5.72. The van der Waals surface area contributed by atoms with Gasteiger partial charge in [-0.25, -0.2) is 4.79 Å². The van der Waals surface area contributed by atoms with Gasteiger partial charge >= 0.3 is 5.97 Å². The molecule has 1 atom stereocenters. The first-order valence-corrected chi connectivity index (χ1v) is 9.50. The number of hydrogen-bond acceptors (Lipinski definition) is 4. The molecule has 1 unspecified atom stereocenters. The number of carbonyl (C=O) groups is 1. The van der Waals surface area contributed by atoms with Crippen molar-refractivity contribution in [3.8, 4) is 0 Å². The maximum Gasteiger partial charge on any atom is 0.334 e. The minimum atomic E-state index is -2.81. The van der Waals surface area contributed by atoms with Crippen LogP contribution in [0.1, 0.15) is 40.5 Å². The molecule has 116 valence electrons. The van der Waals surface area contributed by atoms with E-state index < -0.39 is 7.37 Å². The second kappa shape index (κ2) is 7.99. The molecule has 1 saturated carbocycles. The average Bonchev–Trinajstić information content (AvgIpc) is 3.11. The predicted octanol–water partition coefficient (Wildman–Crippen LogP) is 3.86. The van der Waals surface area contributed by atoms with Gasteiger partial charge in [-0.3, -0.25) is 4.57 Å². The lowest BCUT2D eigenvalue weighted by molar-refractivity contribution is -0.138. The van der Waals surface area contributed by atoms with Crippen LogP contribution in [0.5, 0.6) is 0 Å². The molecule has 0 bridgehead atoms. The van der Waals surface area contributed by atoms with Gasteiger partial charge in [0.1, 0.15) is 0 Å². The van der Waals surface area contributed by atoms with E-state index >= 15 is 0 Å². The first kappa shape index (κ1) is 17.5. The van der Waals surface area contributed by atoms with Crippen LogP contribution in [0, 0.1) is 11.8 Å². The minimum absolute atomic E-state index is 0.203. The van der Waals surface area contributed by atoms with Crippen LogP contribution in [-0.2, 0) is 18.6 Å². The zero-order valence-electron chi connectivity index (χ0n) is 13.1. The smallest absolute Gasteiger partial charge is 0.334 e. The normalized spacial score (nSPS) is 18.9. The zero-order valence-corrected chi connectivity index (χ0v) is 13.9. The van der Waals surface area contributed by atoms with E-state index in [2.05, 4.69) is 0 Å². The van der Waals surface area contributed by atoms with Crippen LogP contribution in [-0.4, -0.2) is 31.5 Å². The SMILES string of the molecule is CCOC(=O)/C(=C\C1CC1)CP(=O)(CC(C)C)OCC. The Morgan fingerprint density at radius 3 is 2.40 bits per heavy atom. The summed E-state index contributed by atoms with van der Waals surface area (Å²) >= 11 is 0. The van der Waals surface area contributed by atoms with Crippen molar-refractivity contribution in [2.24, 2.45) is 11.8 Å². The summed E-state index contributed by atoms with van der Waals surface area (Å²) < 4.78 is 23.5. The van der Waals surface area contributed by atoms with Gasteiger partial charge in [0.2, 0.25) is 7.37 Å². The molecule has 0 aromatic heterocycles. The topological polar surface area (TPSA) is 52.6 Å². The highest BCUT2D eigenvalue weighted by atomic mass is 31.2. The van der Waals surface area contributed by atoms with Crippen LogP contribution < -0.4 is 0 Å². The molecule has 0 aliphatic heterocycles. The third kappa shape index (κ3) is 6.23. The van der Waals surface area contributed by atoms with E-state index in [1.807, 2.05) is 26.8 Å². The molecule has 1 aliphatic rings. The fraction of sp³-hybridized carbons (Fsp3) is 0.800. The van der Waals surface area contributed by atoms with Crippen LogP contribution in [0.3, 0.4) is 0 Å². The molecule has 20 heavy (non-hydrogen) atoms. The van der Waals surface area contributed by atoms with Gasteiger partial charge in [-0.15, -0.1) is 0 Å². The molecule has 0 radical (unpaired) electrons. The summed E-state index contributed by atoms with van der Waals surface area (Å²) in [6, 6.07) is 0. The molecule has 0 N–H and O–H groups in total. The molecule has 0 aromatic rings. The number of carbonyl (C=O) groups excluding carboxylic acids is 1. The highest BCUT2D eigenvalue weighted by Crippen LogP contribution is 2.50. The van der Waals surface area contributed by atoms with Crippen molar-refractivity contribution in [1.29, 1.82) is 0 Å². The van der Waals surface area contributed by atoms with Crippen LogP contribution in [0.4, 0.5) is 0 Å². The Labute approximate surface area is 122 Å². The van der Waals surface area contributed by atoms with Gasteiger partial charge in [-0.2, -0.15) is 0 Å². The highest BCUT2D eigenvalue weighted by molar-refractivity contribution is 7.59. The van der Waals surface area contributed by atoms with E-state index in [0.717, 1.165) is 12.8 Å². The summed E-state index contributed by atoms with van der Waals surface area (Å²) in [6.07, 6.45) is 4.85. The van der Waals surface area contributed by atoms with E-state index in [0.29, 0.717) is 30.9 Å². The Morgan fingerprint density at radius 2 is 1.95 bits per heavy atom. The molecule has 5 heteroatoms. The van der Waals surface area contributed by atoms with E-state index in [-0.39, 0.29) is 18.0 Å². The van der Waals surface area contributed by atoms with Crippen molar-refractivity contribution >= 4 is 13.3 Å². The van der Waals surface area contributed by atoms with Crippen LogP contribution in [0.15, 0.2) is 11.6 Å². The van der Waals surface area contributed by atoms with Crippen molar-refractivity contribution in [1.82, 2.24) is 0 Å². The molecule has 0 saturated heterocycles. The van der Waals surface area contributed by atoms with Crippen LogP contribution >= 0.6 is 7.37 Å². The van der Waals surface area contributed by atoms with Gasteiger partial charge in [0.15, 0.2) is 0 Å². The van der Waals surface area contributed by atoms with Crippen LogP contribution in [0.2, 0.25) is 0 Å². The maximum absolute atomic E-state index is 12.9. The minimum Gasteiger partial charge on any atom is -0.463 e. The molecule has 0 aromatic carbocycles.